The van der Waals surface area contributed by atoms with Gasteiger partial charge in [-0.1, -0.05) is 6.08 Å². The molecule has 0 aromatic heterocycles. The van der Waals surface area contributed by atoms with Crippen molar-refractivity contribution in [2.75, 3.05) is 14.2 Å². The minimum atomic E-state index is -0.944. The van der Waals surface area contributed by atoms with Crippen molar-refractivity contribution in [2.45, 2.75) is 19.4 Å². The zero-order valence-corrected chi connectivity index (χ0v) is 10.4. The maximum atomic E-state index is 11.8. The van der Waals surface area contributed by atoms with Crippen LogP contribution in [-0.2, 0) is 19.1 Å². The summed E-state index contributed by atoms with van der Waals surface area (Å²) in [6, 6.07) is 0. The van der Waals surface area contributed by atoms with Gasteiger partial charge >= 0.3 is 11.9 Å². The average Bonchev–Trinajstić information content (AvgIpc) is 2.59. The van der Waals surface area contributed by atoms with Crippen LogP contribution in [0.25, 0.3) is 0 Å². The molecule has 0 aliphatic carbocycles. The van der Waals surface area contributed by atoms with E-state index >= 15 is 0 Å². The van der Waals surface area contributed by atoms with Crippen molar-refractivity contribution in [1.82, 2.24) is 0 Å². The third-order valence-corrected chi connectivity index (χ3v) is 2.69. The summed E-state index contributed by atoms with van der Waals surface area (Å²) in [5.41, 5.74) is -0.179. The van der Waals surface area contributed by atoms with E-state index in [2.05, 4.69) is 21.0 Å². The van der Waals surface area contributed by atoms with Crippen LogP contribution in [0.2, 0.25) is 0 Å². The van der Waals surface area contributed by atoms with Gasteiger partial charge in [0.1, 0.15) is 5.54 Å². The van der Waals surface area contributed by atoms with Gasteiger partial charge in [-0.05, 0) is 13.8 Å². The summed E-state index contributed by atoms with van der Waals surface area (Å²) in [6.45, 7) is 6.96. The van der Waals surface area contributed by atoms with Gasteiger partial charge in [0.25, 0.3) is 0 Å². The summed E-state index contributed by atoms with van der Waals surface area (Å²) < 4.78 is 9.33. The number of ether oxygens (including phenoxy) is 2. The summed E-state index contributed by atoms with van der Waals surface area (Å²) in [6.07, 6.45) is 1.50. The molecule has 0 bridgehead atoms. The first-order valence-electron chi connectivity index (χ1n) is 5.03. The number of hydrogen-bond acceptors (Lipinski definition) is 5. The van der Waals surface area contributed by atoms with Crippen molar-refractivity contribution < 1.29 is 19.1 Å². The van der Waals surface area contributed by atoms with Crippen LogP contribution in [0.1, 0.15) is 13.8 Å². The Hall–Kier alpha value is -1.91. The Balaban J connectivity index is 3.47. The Bertz CT molecular complexity index is 447. The number of hydrogen-bond donors (Lipinski definition) is 0. The van der Waals surface area contributed by atoms with Crippen molar-refractivity contribution in [2.24, 2.45) is 4.99 Å². The summed E-state index contributed by atoms with van der Waals surface area (Å²) in [4.78, 5) is 27.7. The highest BCUT2D eigenvalue weighted by molar-refractivity contribution is 6.25. The van der Waals surface area contributed by atoms with Gasteiger partial charge in [0, 0.05) is 5.71 Å². The SMILES string of the molecule is C=CC1(C)N=C(C)C(C(=O)OC)=C1C(=O)OC. The molecule has 0 aromatic rings. The van der Waals surface area contributed by atoms with E-state index in [1.165, 1.54) is 20.3 Å². The Morgan fingerprint density at radius 1 is 1.29 bits per heavy atom. The molecule has 5 heteroatoms. The molecule has 0 saturated heterocycles. The highest BCUT2D eigenvalue weighted by Gasteiger charge is 2.42. The van der Waals surface area contributed by atoms with Crippen LogP contribution < -0.4 is 0 Å². The van der Waals surface area contributed by atoms with E-state index in [0.717, 1.165) is 0 Å². The Kier molecular flexibility index (Phi) is 3.50. The minimum Gasteiger partial charge on any atom is -0.466 e. The number of methoxy groups -OCH3 is 2. The van der Waals surface area contributed by atoms with E-state index in [9.17, 15) is 9.59 Å². The van der Waals surface area contributed by atoms with Crippen LogP contribution in [0, 0.1) is 0 Å². The number of carbonyl (C=O) groups is 2. The average molecular weight is 237 g/mol. The Labute approximate surface area is 99.8 Å². The van der Waals surface area contributed by atoms with Crippen molar-refractivity contribution in [3.8, 4) is 0 Å². The quantitative estimate of drug-likeness (QED) is 0.543. The molecule has 1 atom stereocenters. The van der Waals surface area contributed by atoms with Gasteiger partial charge in [0.2, 0.25) is 0 Å². The monoisotopic (exact) mass is 237 g/mol. The minimum absolute atomic E-state index is 0.154. The van der Waals surface area contributed by atoms with Crippen LogP contribution in [0.4, 0.5) is 0 Å². The summed E-state index contributed by atoms with van der Waals surface area (Å²) in [7, 11) is 2.50. The maximum absolute atomic E-state index is 11.8. The molecule has 0 N–H and O–H groups in total. The molecular formula is C12H15NO4. The zero-order chi connectivity index (χ0) is 13.2. The predicted molar refractivity (Wildman–Crippen MR) is 62.8 cm³/mol. The van der Waals surface area contributed by atoms with E-state index in [0.29, 0.717) is 5.71 Å². The highest BCUT2D eigenvalue weighted by Crippen LogP contribution is 2.34. The molecule has 92 valence electrons. The Morgan fingerprint density at radius 3 is 2.24 bits per heavy atom. The molecule has 17 heavy (non-hydrogen) atoms. The van der Waals surface area contributed by atoms with Crippen molar-refractivity contribution >= 4 is 17.7 Å². The van der Waals surface area contributed by atoms with E-state index in [-0.39, 0.29) is 11.1 Å². The molecule has 1 unspecified atom stereocenters. The molecule has 0 fully saturated rings. The first kappa shape index (κ1) is 13.2. The van der Waals surface area contributed by atoms with Crippen molar-refractivity contribution in [3.05, 3.63) is 23.8 Å². The maximum Gasteiger partial charge on any atom is 0.340 e. The van der Waals surface area contributed by atoms with Crippen LogP contribution in [0.5, 0.6) is 0 Å². The lowest BCUT2D eigenvalue weighted by Crippen LogP contribution is -2.27. The Morgan fingerprint density at radius 2 is 1.82 bits per heavy atom. The second kappa shape index (κ2) is 4.53. The number of carbonyl (C=O) groups excluding carboxylic acids is 2. The van der Waals surface area contributed by atoms with Crippen LogP contribution in [0.15, 0.2) is 28.8 Å². The normalized spacial score (nSPS) is 23.2. The fourth-order valence-corrected chi connectivity index (χ4v) is 1.80. The first-order valence-corrected chi connectivity index (χ1v) is 5.03. The molecule has 0 saturated carbocycles. The summed E-state index contributed by atoms with van der Waals surface area (Å²) in [5, 5.41) is 0. The van der Waals surface area contributed by atoms with Crippen molar-refractivity contribution in [3.63, 3.8) is 0 Å². The predicted octanol–water partition coefficient (Wildman–Crippen LogP) is 1.05. The van der Waals surface area contributed by atoms with Crippen molar-refractivity contribution in [1.29, 1.82) is 0 Å². The van der Waals surface area contributed by atoms with E-state index in [1.54, 1.807) is 13.8 Å². The third-order valence-electron chi connectivity index (χ3n) is 2.69. The lowest BCUT2D eigenvalue weighted by atomic mass is 9.91. The summed E-state index contributed by atoms with van der Waals surface area (Å²) in [5.74, 6) is -1.20. The fourth-order valence-electron chi connectivity index (χ4n) is 1.80. The van der Waals surface area contributed by atoms with Crippen LogP contribution in [-0.4, -0.2) is 37.4 Å². The second-order valence-corrected chi connectivity index (χ2v) is 3.78. The largest absolute Gasteiger partial charge is 0.466 e. The van der Waals surface area contributed by atoms with Crippen LogP contribution in [0.3, 0.4) is 0 Å². The number of esters is 2. The lowest BCUT2D eigenvalue weighted by Gasteiger charge is -2.18. The molecule has 1 aliphatic heterocycles. The van der Waals surface area contributed by atoms with E-state index < -0.39 is 17.5 Å². The fraction of sp³-hybridized carbons (Fsp3) is 0.417. The highest BCUT2D eigenvalue weighted by atomic mass is 16.5. The molecule has 0 aromatic carbocycles. The van der Waals surface area contributed by atoms with E-state index in [4.69, 9.17) is 0 Å². The molecule has 5 nitrogen and oxygen atoms in total. The van der Waals surface area contributed by atoms with Gasteiger partial charge in [-0.3, -0.25) is 4.99 Å². The molecule has 1 rings (SSSR count). The van der Waals surface area contributed by atoms with Gasteiger partial charge in [-0.15, -0.1) is 6.58 Å². The molecular weight excluding hydrogens is 222 g/mol. The smallest absolute Gasteiger partial charge is 0.340 e. The standard InChI is InChI=1S/C12H15NO4/c1-6-12(3)9(11(15)17-5)8(7(2)13-12)10(14)16-4/h6H,1H2,2-5H3. The lowest BCUT2D eigenvalue weighted by molar-refractivity contribution is -0.139. The van der Waals surface area contributed by atoms with Crippen LogP contribution >= 0.6 is 0 Å². The number of aliphatic imine (C=N–C) groups is 1. The van der Waals surface area contributed by atoms with E-state index in [1.807, 2.05) is 0 Å². The van der Waals surface area contributed by atoms with Gasteiger partial charge in [0.05, 0.1) is 25.4 Å². The van der Waals surface area contributed by atoms with Gasteiger partial charge in [-0.25, -0.2) is 9.59 Å². The second-order valence-electron chi connectivity index (χ2n) is 3.78. The molecule has 1 heterocycles. The first-order chi connectivity index (χ1) is 7.91. The zero-order valence-electron chi connectivity index (χ0n) is 10.4. The number of nitrogens with zero attached hydrogens (tertiary/aromatic N) is 1. The molecule has 0 radical (unpaired) electrons. The molecule has 1 aliphatic rings. The van der Waals surface area contributed by atoms with Gasteiger partial charge < -0.3 is 9.47 Å². The van der Waals surface area contributed by atoms with Gasteiger partial charge in [-0.2, -0.15) is 0 Å². The molecule has 0 spiro atoms. The number of rotatable bonds is 3. The van der Waals surface area contributed by atoms with Gasteiger partial charge in [0.15, 0.2) is 0 Å². The topological polar surface area (TPSA) is 65.0 Å². The third kappa shape index (κ3) is 2.00. The molecule has 0 amide bonds. The summed E-state index contributed by atoms with van der Waals surface area (Å²) >= 11 is 0.